The van der Waals surface area contributed by atoms with E-state index in [1.165, 1.54) is 6.92 Å². The molecule has 1 unspecified atom stereocenters. The third-order valence-corrected chi connectivity index (χ3v) is 3.34. The summed E-state index contributed by atoms with van der Waals surface area (Å²) < 4.78 is 38.1. The fraction of sp³-hybridized carbons (Fsp3) is 0.444. The van der Waals surface area contributed by atoms with Crippen molar-refractivity contribution in [1.82, 2.24) is 9.71 Å². The summed E-state index contributed by atoms with van der Waals surface area (Å²) in [5, 5.41) is 18.2. The van der Waals surface area contributed by atoms with Crippen molar-refractivity contribution in [1.29, 1.82) is 0 Å². The summed E-state index contributed by atoms with van der Waals surface area (Å²) in [5.41, 5.74) is -1.58. The first-order chi connectivity index (χ1) is 7.77. The van der Waals surface area contributed by atoms with Crippen LogP contribution in [0.2, 0.25) is 0 Å². The van der Waals surface area contributed by atoms with E-state index in [0.29, 0.717) is 0 Å². The van der Waals surface area contributed by atoms with Crippen LogP contribution >= 0.6 is 0 Å². The van der Waals surface area contributed by atoms with E-state index in [0.717, 1.165) is 18.5 Å². The van der Waals surface area contributed by atoms with Crippen molar-refractivity contribution in [3.05, 3.63) is 24.3 Å². The normalized spacial score (nSPS) is 15.5. The number of aliphatic hydroxyl groups excluding tert-OH is 1. The Balaban J connectivity index is 2.83. The molecule has 0 aliphatic carbocycles. The molecule has 8 heteroatoms. The number of nitrogens with zero attached hydrogens (tertiary/aromatic N) is 1. The highest BCUT2D eigenvalue weighted by atomic mass is 32.2. The van der Waals surface area contributed by atoms with Crippen LogP contribution in [0.1, 0.15) is 6.92 Å². The van der Waals surface area contributed by atoms with Gasteiger partial charge in [-0.1, -0.05) is 0 Å². The van der Waals surface area contributed by atoms with Crippen LogP contribution in [-0.4, -0.2) is 42.4 Å². The summed E-state index contributed by atoms with van der Waals surface area (Å²) in [7, 11) is -3.95. The molecule has 0 aromatic carbocycles. The number of pyridine rings is 1. The highest BCUT2D eigenvalue weighted by Crippen LogP contribution is 2.09. The lowest BCUT2D eigenvalue weighted by molar-refractivity contribution is 0.00681. The first kappa shape index (κ1) is 14.0. The van der Waals surface area contributed by atoms with Crippen LogP contribution in [0, 0.1) is 5.82 Å². The van der Waals surface area contributed by atoms with Crippen LogP contribution in [0.25, 0.3) is 0 Å². The smallest absolute Gasteiger partial charge is 0.242 e. The van der Waals surface area contributed by atoms with Crippen molar-refractivity contribution in [3.63, 3.8) is 0 Å². The van der Waals surface area contributed by atoms with Crippen LogP contribution in [0.4, 0.5) is 4.39 Å². The minimum atomic E-state index is -3.95. The van der Waals surface area contributed by atoms with Gasteiger partial charge >= 0.3 is 0 Å². The number of rotatable bonds is 5. The molecule has 0 aliphatic heterocycles. The van der Waals surface area contributed by atoms with E-state index in [1.807, 2.05) is 4.72 Å². The molecule has 1 aromatic heterocycles. The van der Waals surface area contributed by atoms with Crippen LogP contribution < -0.4 is 4.72 Å². The zero-order valence-electron chi connectivity index (χ0n) is 9.09. The summed E-state index contributed by atoms with van der Waals surface area (Å²) in [6.45, 7) is 0.276. The summed E-state index contributed by atoms with van der Waals surface area (Å²) in [5.74, 6) is -0.776. The lowest BCUT2D eigenvalue weighted by Crippen LogP contribution is -2.43. The Kier molecular flexibility index (Phi) is 4.15. The van der Waals surface area contributed by atoms with Gasteiger partial charge in [0, 0.05) is 12.7 Å². The van der Waals surface area contributed by atoms with Crippen molar-refractivity contribution < 1.29 is 23.0 Å². The minimum Gasteiger partial charge on any atom is -0.393 e. The highest BCUT2D eigenvalue weighted by Gasteiger charge is 2.23. The maximum atomic E-state index is 12.8. The summed E-state index contributed by atoms with van der Waals surface area (Å²) in [4.78, 5) is 3.07. The molecule has 1 atom stereocenters. The molecule has 0 saturated heterocycles. The second-order valence-electron chi connectivity index (χ2n) is 3.82. The van der Waals surface area contributed by atoms with Gasteiger partial charge in [-0.2, -0.15) is 0 Å². The van der Waals surface area contributed by atoms with E-state index in [1.54, 1.807) is 0 Å². The number of hydrogen-bond donors (Lipinski definition) is 3. The van der Waals surface area contributed by atoms with Gasteiger partial charge in [-0.3, -0.25) is 4.98 Å². The third kappa shape index (κ3) is 4.00. The lowest BCUT2D eigenvalue weighted by Gasteiger charge is -2.20. The Bertz CT molecular complexity index is 490. The first-order valence-corrected chi connectivity index (χ1v) is 6.19. The summed E-state index contributed by atoms with van der Waals surface area (Å²) >= 11 is 0. The molecule has 6 nitrogen and oxygen atoms in total. The zero-order chi connectivity index (χ0) is 13.1. The van der Waals surface area contributed by atoms with Crippen LogP contribution in [0.15, 0.2) is 23.4 Å². The fourth-order valence-corrected chi connectivity index (χ4v) is 2.06. The van der Waals surface area contributed by atoms with E-state index in [2.05, 4.69) is 4.98 Å². The van der Waals surface area contributed by atoms with Gasteiger partial charge < -0.3 is 10.2 Å². The zero-order valence-corrected chi connectivity index (χ0v) is 9.91. The molecule has 0 aliphatic rings. The Labute approximate surface area is 98.2 Å². The fourth-order valence-electron chi connectivity index (χ4n) is 0.929. The van der Waals surface area contributed by atoms with Crippen molar-refractivity contribution in [2.24, 2.45) is 0 Å². The number of aromatic nitrogens is 1. The molecular weight excluding hydrogens is 251 g/mol. The first-order valence-electron chi connectivity index (χ1n) is 4.70. The topological polar surface area (TPSA) is 99.5 Å². The molecule has 0 fully saturated rings. The Morgan fingerprint density at radius 3 is 2.71 bits per heavy atom. The Morgan fingerprint density at radius 1 is 1.53 bits per heavy atom. The molecule has 3 N–H and O–H groups in total. The molecule has 96 valence electrons. The molecule has 0 radical (unpaired) electrons. The van der Waals surface area contributed by atoms with Gasteiger partial charge in [-0.25, -0.2) is 17.5 Å². The second kappa shape index (κ2) is 5.05. The maximum Gasteiger partial charge on any atom is 0.242 e. The largest absolute Gasteiger partial charge is 0.393 e. The van der Waals surface area contributed by atoms with E-state index in [9.17, 15) is 17.9 Å². The lowest BCUT2D eigenvalue weighted by atomic mass is 10.1. The molecule has 0 spiro atoms. The van der Waals surface area contributed by atoms with Crippen LogP contribution in [-0.2, 0) is 10.0 Å². The quantitative estimate of drug-likeness (QED) is 0.649. The van der Waals surface area contributed by atoms with Gasteiger partial charge in [0.2, 0.25) is 10.0 Å². The monoisotopic (exact) mass is 264 g/mol. The number of nitrogens with one attached hydrogen (secondary N) is 1. The molecular formula is C9H13FN2O4S. The van der Waals surface area contributed by atoms with Crippen LogP contribution in [0.5, 0.6) is 0 Å². The maximum absolute atomic E-state index is 12.8. The highest BCUT2D eigenvalue weighted by molar-refractivity contribution is 7.89. The van der Waals surface area contributed by atoms with E-state index >= 15 is 0 Å². The average molecular weight is 264 g/mol. The SMILES string of the molecule is CC(O)(CO)CNS(=O)(=O)c1cncc(F)c1. The number of aliphatic hydroxyl groups is 2. The molecule has 1 rings (SSSR count). The predicted octanol–water partition coefficient (Wildman–Crippen LogP) is -0.758. The van der Waals surface area contributed by atoms with Crippen molar-refractivity contribution in [3.8, 4) is 0 Å². The van der Waals surface area contributed by atoms with Gasteiger partial charge in [0.15, 0.2) is 0 Å². The third-order valence-electron chi connectivity index (χ3n) is 1.97. The molecule has 0 saturated carbocycles. The molecule has 0 amide bonds. The van der Waals surface area contributed by atoms with E-state index < -0.39 is 28.0 Å². The van der Waals surface area contributed by atoms with E-state index in [-0.39, 0.29) is 11.4 Å². The Morgan fingerprint density at radius 2 is 2.18 bits per heavy atom. The predicted molar refractivity (Wildman–Crippen MR) is 57.1 cm³/mol. The van der Waals surface area contributed by atoms with Gasteiger partial charge in [0.25, 0.3) is 0 Å². The van der Waals surface area contributed by atoms with Crippen molar-refractivity contribution >= 4 is 10.0 Å². The van der Waals surface area contributed by atoms with Gasteiger partial charge in [-0.15, -0.1) is 0 Å². The van der Waals surface area contributed by atoms with Crippen molar-refractivity contribution in [2.45, 2.75) is 17.4 Å². The van der Waals surface area contributed by atoms with Gasteiger partial charge in [0.1, 0.15) is 10.7 Å². The van der Waals surface area contributed by atoms with E-state index in [4.69, 9.17) is 5.11 Å². The molecule has 1 aromatic rings. The number of halogens is 1. The second-order valence-corrected chi connectivity index (χ2v) is 5.59. The number of sulfonamides is 1. The average Bonchev–Trinajstić information content (AvgIpc) is 2.27. The molecule has 17 heavy (non-hydrogen) atoms. The van der Waals surface area contributed by atoms with Crippen LogP contribution in [0.3, 0.4) is 0 Å². The molecule has 1 heterocycles. The Hall–Kier alpha value is -1.09. The molecule has 0 bridgehead atoms. The summed E-state index contributed by atoms with van der Waals surface area (Å²) in [6, 6.07) is 0.809. The minimum absolute atomic E-state index is 0.341. The standard InChI is InChI=1S/C9H13FN2O4S/c1-9(14,6-13)5-12-17(15,16)8-2-7(10)3-11-4-8/h2-4,12-14H,5-6H2,1H3. The number of hydrogen-bond acceptors (Lipinski definition) is 5. The van der Waals surface area contributed by atoms with Gasteiger partial charge in [-0.05, 0) is 13.0 Å². The summed E-state index contributed by atoms with van der Waals surface area (Å²) in [6.07, 6.45) is 1.86. The van der Waals surface area contributed by atoms with Crippen molar-refractivity contribution in [2.75, 3.05) is 13.2 Å². The van der Waals surface area contributed by atoms with Gasteiger partial charge in [0.05, 0.1) is 18.4 Å².